The molecule has 0 saturated carbocycles. The van der Waals surface area contributed by atoms with E-state index in [0.717, 1.165) is 26.2 Å². The van der Waals surface area contributed by atoms with Crippen LogP contribution in [0.1, 0.15) is 0 Å². The predicted octanol–water partition coefficient (Wildman–Crippen LogP) is -0.0920. The van der Waals surface area contributed by atoms with E-state index in [1.807, 2.05) is 0 Å². The van der Waals surface area contributed by atoms with E-state index in [1.165, 1.54) is 21.6 Å². The summed E-state index contributed by atoms with van der Waals surface area (Å²) in [6.45, 7) is 5.47. The van der Waals surface area contributed by atoms with Crippen LogP contribution < -0.4 is 20.4 Å². The fourth-order valence-electron chi connectivity index (χ4n) is 3.70. The van der Waals surface area contributed by atoms with Gasteiger partial charge < -0.3 is 29.9 Å². The van der Waals surface area contributed by atoms with Crippen LogP contribution in [-0.4, -0.2) is 116 Å². The molecule has 190 valence electrons. The van der Waals surface area contributed by atoms with Crippen LogP contribution in [-0.2, 0) is 9.47 Å². The molecule has 0 spiro atoms. The van der Waals surface area contributed by atoms with Gasteiger partial charge in [-0.05, 0) is 21.6 Å². The molecular formula is C18H24N14O2S2. The Morgan fingerprint density at radius 1 is 0.611 bits per heavy atom. The van der Waals surface area contributed by atoms with Crippen molar-refractivity contribution in [3.63, 3.8) is 0 Å². The minimum Gasteiger partial charge on any atom is -0.378 e. The molecule has 6 heterocycles. The summed E-state index contributed by atoms with van der Waals surface area (Å²) in [5, 5.41) is 16.5. The van der Waals surface area contributed by atoms with Gasteiger partial charge in [0.25, 0.3) is 11.6 Å². The summed E-state index contributed by atoms with van der Waals surface area (Å²) in [7, 11) is 6.28. The molecule has 6 rings (SSSR count). The summed E-state index contributed by atoms with van der Waals surface area (Å²) in [5.74, 6) is 3.01. The lowest BCUT2D eigenvalue weighted by Gasteiger charge is -2.25. The Hall–Kier alpha value is -3.22. The van der Waals surface area contributed by atoms with Gasteiger partial charge in [0.1, 0.15) is 0 Å². The Kier molecular flexibility index (Phi) is 6.46. The molecule has 2 saturated heterocycles. The Labute approximate surface area is 213 Å². The molecule has 2 aliphatic heterocycles. The van der Waals surface area contributed by atoms with Crippen LogP contribution in [0.3, 0.4) is 0 Å². The Bertz CT molecular complexity index is 1260. The van der Waals surface area contributed by atoms with E-state index < -0.39 is 0 Å². The van der Waals surface area contributed by atoms with Crippen LogP contribution in [0.15, 0.2) is 10.3 Å². The molecule has 0 radical (unpaired) electrons. The van der Waals surface area contributed by atoms with Gasteiger partial charge in [-0.2, -0.15) is 38.9 Å². The van der Waals surface area contributed by atoms with Gasteiger partial charge >= 0.3 is 0 Å². The largest absolute Gasteiger partial charge is 0.378 e. The second kappa shape index (κ2) is 10.0. The zero-order valence-corrected chi connectivity index (χ0v) is 21.3. The minimum atomic E-state index is 0.450. The van der Waals surface area contributed by atoms with Gasteiger partial charge in [-0.25, -0.2) is 0 Å². The molecule has 18 heteroatoms. The average molecular weight is 533 g/mol. The van der Waals surface area contributed by atoms with Crippen LogP contribution in [0.4, 0.5) is 23.8 Å². The van der Waals surface area contributed by atoms with Gasteiger partial charge in [0, 0.05) is 40.3 Å². The van der Waals surface area contributed by atoms with Crippen LogP contribution in [0.25, 0.3) is 11.6 Å². The first-order chi connectivity index (χ1) is 17.7. The Morgan fingerprint density at radius 2 is 1.03 bits per heavy atom. The highest BCUT2D eigenvalue weighted by Gasteiger charge is 2.22. The average Bonchev–Trinajstić information content (AvgIpc) is 3.57. The quantitative estimate of drug-likeness (QED) is 0.303. The normalized spacial score (nSPS) is 16.7. The van der Waals surface area contributed by atoms with Crippen molar-refractivity contribution in [3.8, 4) is 0 Å². The van der Waals surface area contributed by atoms with Crippen molar-refractivity contribution >= 4 is 56.9 Å². The molecule has 4 aromatic heterocycles. The maximum absolute atomic E-state index is 5.45. The highest BCUT2D eigenvalue weighted by molar-refractivity contribution is 8.76. The van der Waals surface area contributed by atoms with Crippen molar-refractivity contribution in [2.24, 2.45) is 0 Å². The van der Waals surface area contributed by atoms with Crippen molar-refractivity contribution < 1.29 is 9.47 Å². The zero-order valence-electron chi connectivity index (χ0n) is 19.7. The smallest absolute Gasteiger partial charge is 0.259 e. The predicted molar refractivity (Wildman–Crippen MR) is 134 cm³/mol. The minimum absolute atomic E-state index is 0.450. The maximum Gasteiger partial charge on any atom is 0.259 e. The number of morpholine rings is 2. The molecule has 0 aliphatic carbocycles. The second-order valence-corrected chi connectivity index (χ2v) is 9.84. The molecule has 0 unspecified atom stereocenters. The second-order valence-electron chi connectivity index (χ2n) is 7.77. The van der Waals surface area contributed by atoms with E-state index >= 15 is 0 Å². The van der Waals surface area contributed by atoms with E-state index in [0.29, 0.717) is 72.1 Å². The van der Waals surface area contributed by atoms with Gasteiger partial charge in [-0.1, -0.05) is 0 Å². The van der Waals surface area contributed by atoms with Gasteiger partial charge in [0.2, 0.25) is 34.1 Å². The number of nitrogens with one attached hydrogen (secondary N) is 2. The first-order valence-electron chi connectivity index (χ1n) is 11.4. The van der Waals surface area contributed by atoms with Crippen LogP contribution >= 0.6 is 21.6 Å². The highest BCUT2D eigenvalue weighted by Crippen LogP contribution is 2.36. The molecule has 16 nitrogen and oxygen atoms in total. The Morgan fingerprint density at radius 3 is 1.42 bits per heavy atom. The van der Waals surface area contributed by atoms with Gasteiger partial charge in [0.15, 0.2) is 0 Å². The van der Waals surface area contributed by atoms with E-state index in [9.17, 15) is 0 Å². The first kappa shape index (κ1) is 23.2. The monoisotopic (exact) mass is 532 g/mol. The summed E-state index contributed by atoms with van der Waals surface area (Å²) < 4.78 is 14.2. The topological polar surface area (TPSA) is 161 Å². The maximum atomic E-state index is 5.45. The van der Waals surface area contributed by atoms with Gasteiger partial charge in [-0.3, -0.25) is 0 Å². The van der Waals surface area contributed by atoms with E-state index in [2.05, 4.69) is 60.5 Å². The van der Waals surface area contributed by atoms with Gasteiger partial charge in [0.05, 0.1) is 26.4 Å². The lowest BCUT2D eigenvalue weighted by molar-refractivity contribution is 0.122. The molecule has 2 N–H and O–H groups in total. The number of hydrogen-bond donors (Lipinski definition) is 2. The standard InChI is InChI=1S/C18H24N14O2S2/c1-19-11-21-13-25-15(29-3-7-33-8-4-29)27-31(13)17(23-11)35-36-18-24-12(20-2)22-14-26-16(28-32(14)18)30-5-9-34-10-6-30/h3-10H2,1-2H3,(H,19,21,25,27)(H,20,22,26,28). The Balaban J connectivity index is 1.32. The number of aromatic nitrogens is 10. The molecule has 2 aliphatic rings. The lowest BCUT2D eigenvalue weighted by atomic mass is 10.4. The van der Waals surface area contributed by atoms with Crippen LogP contribution in [0.2, 0.25) is 0 Å². The number of nitrogens with zero attached hydrogens (tertiary/aromatic N) is 12. The molecule has 0 amide bonds. The highest BCUT2D eigenvalue weighted by atomic mass is 33.1. The number of ether oxygens (including phenoxy) is 2. The molecule has 0 bridgehead atoms. The number of anilines is 4. The van der Waals surface area contributed by atoms with Crippen molar-refractivity contribution in [3.05, 3.63) is 0 Å². The first-order valence-corrected chi connectivity index (χ1v) is 13.5. The van der Waals surface area contributed by atoms with E-state index in [1.54, 1.807) is 23.1 Å². The SMILES string of the molecule is CNc1nc(SSc2nc(NC)nc3nc(N4CCOCC4)nn23)n2nc(N3CCOCC3)nc2n1. The molecule has 0 aromatic carbocycles. The molecule has 36 heavy (non-hydrogen) atoms. The lowest BCUT2D eigenvalue weighted by Crippen LogP contribution is -2.36. The van der Waals surface area contributed by atoms with Crippen molar-refractivity contribution in [2.75, 3.05) is 87.1 Å². The summed E-state index contributed by atoms with van der Waals surface area (Å²) in [6.07, 6.45) is 0. The third kappa shape index (κ3) is 4.51. The van der Waals surface area contributed by atoms with E-state index in [4.69, 9.17) is 9.47 Å². The number of hydrogen-bond acceptors (Lipinski definition) is 16. The summed E-state index contributed by atoms with van der Waals surface area (Å²) in [4.78, 5) is 31.5. The van der Waals surface area contributed by atoms with Crippen LogP contribution in [0, 0.1) is 0 Å². The molecular weight excluding hydrogens is 508 g/mol. The van der Waals surface area contributed by atoms with Crippen molar-refractivity contribution in [2.45, 2.75) is 10.3 Å². The van der Waals surface area contributed by atoms with Crippen molar-refractivity contribution in [1.29, 1.82) is 0 Å². The number of rotatable bonds is 7. The fraction of sp³-hybridized carbons (Fsp3) is 0.556. The molecule has 4 aromatic rings. The fourth-order valence-corrected chi connectivity index (χ4v) is 5.58. The summed E-state index contributed by atoms with van der Waals surface area (Å²) in [6, 6.07) is 0. The molecule has 0 atom stereocenters. The summed E-state index contributed by atoms with van der Waals surface area (Å²) in [5.41, 5.74) is 0. The van der Waals surface area contributed by atoms with Crippen molar-refractivity contribution in [1.82, 2.24) is 49.1 Å². The summed E-state index contributed by atoms with van der Waals surface area (Å²) >= 11 is 0. The molecule has 2 fully saturated rings. The van der Waals surface area contributed by atoms with E-state index in [-0.39, 0.29) is 0 Å². The zero-order chi connectivity index (χ0) is 24.5. The third-order valence-corrected chi connectivity index (χ3v) is 7.62. The third-order valence-electron chi connectivity index (χ3n) is 5.56. The number of fused-ring (bicyclic) bond motifs is 2. The van der Waals surface area contributed by atoms with Gasteiger partial charge in [-0.15, -0.1) is 10.2 Å². The van der Waals surface area contributed by atoms with Crippen LogP contribution in [0.5, 0.6) is 0 Å².